The van der Waals surface area contributed by atoms with Crippen LogP contribution in [0.3, 0.4) is 0 Å². The predicted molar refractivity (Wildman–Crippen MR) is 119 cm³/mol. The monoisotopic (exact) mass is 468 g/mol. The van der Waals surface area contributed by atoms with Gasteiger partial charge >= 0.3 is 0 Å². The van der Waals surface area contributed by atoms with Crippen LogP contribution >= 0.6 is 0 Å². The van der Waals surface area contributed by atoms with Crippen LogP contribution in [0.25, 0.3) is 22.8 Å². The number of para-hydroxylation sites is 1. The van der Waals surface area contributed by atoms with Gasteiger partial charge in [-0.2, -0.15) is 4.57 Å². The number of hydrogen-bond acceptors (Lipinski definition) is 5. The first kappa shape index (κ1) is 24.9. The summed E-state index contributed by atoms with van der Waals surface area (Å²) in [4.78, 5) is 2.17. The smallest absolute Gasteiger partial charge is 0.186 e. The molecule has 1 aliphatic carbocycles. The Labute approximate surface area is 197 Å². The summed E-state index contributed by atoms with van der Waals surface area (Å²) >= 11 is 0. The second-order valence-corrected chi connectivity index (χ2v) is 8.85. The highest BCUT2D eigenvalue weighted by atomic mass is 35.7. The molecule has 0 bridgehead atoms. The van der Waals surface area contributed by atoms with E-state index in [9.17, 15) is 0 Å². The molecule has 0 N–H and O–H groups in total. The number of allylic oxidation sites excluding steroid dienone is 2. The van der Waals surface area contributed by atoms with Crippen molar-refractivity contribution in [3.05, 3.63) is 83.3 Å². The van der Waals surface area contributed by atoms with Gasteiger partial charge in [0.1, 0.15) is 6.54 Å². The molecule has 2 heterocycles. The van der Waals surface area contributed by atoms with E-state index in [0.29, 0.717) is 0 Å². The largest absolute Gasteiger partial charge is 0.351 e. The Morgan fingerprint density at radius 3 is 2.03 bits per heavy atom. The van der Waals surface area contributed by atoms with Gasteiger partial charge in [-0.25, -0.2) is 18.6 Å². The standard InChI is InChI=1S/C26H29N2.ClHO4/c1-5-6-16-28-19(2)23-13-11-21(12-14-24(23)20(28)3)18-22-15-17-27(4)26-10-8-7-9-25(22)26;2-1(3,4)5/h7-15,17-18H,5-6,16H2,1-4H3;(H,2,3,4,5)/q+1;/p-1. The Balaban J connectivity index is 0.000000555. The molecule has 3 aliphatic rings. The minimum absolute atomic E-state index is 1.11. The van der Waals surface area contributed by atoms with Gasteiger partial charge in [-0.15, -0.1) is 10.2 Å². The van der Waals surface area contributed by atoms with Crippen molar-refractivity contribution in [3.8, 4) is 11.1 Å². The van der Waals surface area contributed by atoms with Crippen molar-refractivity contribution >= 4 is 17.3 Å². The maximum Gasteiger partial charge on any atom is 0.186 e. The van der Waals surface area contributed by atoms with Crippen LogP contribution in [0.2, 0.25) is 0 Å². The zero-order valence-electron chi connectivity index (χ0n) is 19.4. The minimum atomic E-state index is -4.94. The third kappa shape index (κ3) is 6.19. The molecule has 1 aromatic rings. The lowest BCUT2D eigenvalue weighted by Gasteiger charge is -2.23. The highest BCUT2D eigenvalue weighted by Gasteiger charge is 2.24. The van der Waals surface area contributed by atoms with Crippen LogP contribution in [-0.4, -0.2) is 7.05 Å². The Hall–Kier alpha value is -2.74. The molecule has 0 atom stereocenters. The van der Waals surface area contributed by atoms with E-state index in [4.69, 9.17) is 18.6 Å². The van der Waals surface area contributed by atoms with Gasteiger partial charge in [0, 0.05) is 44.8 Å². The molecule has 0 unspecified atom stereocenters. The molecule has 33 heavy (non-hydrogen) atoms. The van der Waals surface area contributed by atoms with Crippen molar-refractivity contribution in [2.24, 2.45) is 0 Å². The predicted octanol–water partition coefficient (Wildman–Crippen LogP) is 1.24. The van der Waals surface area contributed by atoms with Crippen LogP contribution in [0.5, 0.6) is 0 Å². The van der Waals surface area contributed by atoms with Gasteiger partial charge in [-0.3, -0.25) is 0 Å². The zero-order chi connectivity index (χ0) is 24.2. The molecule has 0 saturated heterocycles. The van der Waals surface area contributed by atoms with Crippen LogP contribution in [0.4, 0.5) is 5.69 Å². The van der Waals surface area contributed by atoms with E-state index in [-0.39, 0.29) is 0 Å². The third-order valence-corrected chi connectivity index (χ3v) is 5.89. The SMILES string of the molecule is CCCC[n+]1c(C)c2ccc(/C=C3\C=CN(C)c4ccccc43)ccc-2c1C.[O-][Cl+3]([O-])([O-])[O-]. The van der Waals surface area contributed by atoms with Crippen molar-refractivity contribution < 1.29 is 33.4 Å². The average molecular weight is 469 g/mol. The van der Waals surface area contributed by atoms with Gasteiger partial charge in [0.25, 0.3) is 0 Å². The molecule has 0 radical (unpaired) electrons. The first-order chi connectivity index (χ1) is 15.6. The molecule has 7 heteroatoms. The van der Waals surface area contributed by atoms with Gasteiger partial charge in [0.05, 0.1) is 11.1 Å². The fourth-order valence-corrected chi connectivity index (χ4v) is 4.21. The van der Waals surface area contributed by atoms with E-state index in [1.54, 1.807) is 0 Å². The summed E-state index contributed by atoms with van der Waals surface area (Å²) in [5, 5.41) is 0. The molecule has 174 valence electrons. The Morgan fingerprint density at radius 2 is 1.45 bits per heavy atom. The summed E-state index contributed by atoms with van der Waals surface area (Å²) in [5.74, 6) is 0. The Bertz CT molecular complexity index is 1110. The fourth-order valence-electron chi connectivity index (χ4n) is 4.21. The zero-order valence-corrected chi connectivity index (χ0v) is 20.1. The first-order valence-corrected chi connectivity index (χ1v) is 12.1. The van der Waals surface area contributed by atoms with E-state index in [2.05, 4.69) is 104 Å². The van der Waals surface area contributed by atoms with E-state index < -0.39 is 10.2 Å². The van der Waals surface area contributed by atoms with Crippen LogP contribution in [-0.2, 0) is 6.54 Å². The van der Waals surface area contributed by atoms with Crippen LogP contribution in [0.1, 0.15) is 42.3 Å². The molecule has 6 nitrogen and oxygen atoms in total. The highest BCUT2D eigenvalue weighted by Crippen LogP contribution is 2.33. The summed E-state index contributed by atoms with van der Waals surface area (Å²) in [5.41, 5.74) is 10.5. The molecule has 0 fully saturated rings. The van der Waals surface area contributed by atoms with Crippen molar-refractivity contribution in [2.75, 3.05) is 11.9 Å². The topological polar surface area (TPSA) is 99.4 Å². The summed E-state index contributed by atoms with van der Waals surface area (Å²) < 4.78 is 36.4. The summed E-state index contributed by atoms with van der Waals surface area (Å²) in [6, 6.07) is 17.7. The van der Waals surface area contributed by atoms with E-state index >= 15 is 0 Å². The van der Waals surface area contributed by atoms with Crippen LogP contribution in [0, 0.1) is 24.1 Å². The lowest BCUT2D eigenvalue weighted by Crippen LogP contribution is -2.68. The molecular weight excluding hydrogens is 440 g/mol. The van der Waals surface area contributed by atoms with Crippen molar-refractivity contribution in [1.82, 2.24) is 0 Å². The first-order valence-electron chi connectivity index (χ1n) is 10.9. The van der Waals surface area contributed by atoms with Crippen molar-refractivity contribution in [2.45, 2.75) is 40.2 Å². The Kier molecular flexibility index (Phi) is 7.89. The van der Waals surface area contributed by atoms with Gasteiger partial charge in [0.15, 0.2) is 11.4 Å². The number of anilines is 1. The van der Waals surface area contributed by atoms with Crippen molar-refractivity contribution in [1.29, 1.82) is 0 Å². The summed E-state index contributed by atoms with van der Waals surface area (Å²) in [6.45, 7) is 7.86. The lowest BCUT2D eigenvalue weighted by atomic mass is 9.98. The third-order valence-electron chi connectivity index (χ3n) is 5.89. The number of rotatable bonds is 4. The molecule has 0 saturated carbocycles. The molecule has 0 aromatic heterocycles. The number of nitrogens with zero attached hydrogens (tertiary/aromatic N) is 2. The molecule has 4 rings (SSSR count). The van der Waals surface area contributed by atoms with Crippen LogP contribution < -0.4 is 28.1 Å². The number of fused-ring (bicyclic) bond motifs is 2. The number of hydrogen-bond donors (Lipinski definition) is 0. The van der Waals surface area contributed by atoms with Crippen molar-refractivity contribution in [3.63, 3.8) is 0 Å². The van der Waals surface area contributed by atoms with Gasteiger partial charge in [-0.1, -0.05) is 43.7 Å². The summed E-state index contributed by atoms with van der Waals surface area (Å²) in [6.07, 6.45) is 9.08. The van der Waals surface area contributed by atoms with E-state index in [1.165, 1.54) is 57.7 Å². The van der Waals surface area contributed by atoms with Gasteiger partial charge in [0.2, 0.25) is 0 Å². The number of benzene rings is 1. The van der Waals surface area contributed by atoms with E-state index in [0.717, 1.165) is 6.54 Å². The molecule has 0 spiro atoms. The maximum absolute atomic E-state index is 8.49. The van der Waals surface area contributed by atoms with Gasteiger partial charge < -0.3 is 4.90 Å². The second-order valence-electron chi connectivity index (χ2n) is 8.09. The maximum atomic E-state index is 8.49. The Morgan fingerprint density at radius 1 is 0.879 bits per heavy atom. The molecule has 2 aliphatic heterocycles. The minimum Gasteiger partial charge on any atom is -0.351 e. The number of unbranched alkanes of at least 4 members (excludes halogenated alkanes) is 1. The number of aromatic nitrogens is 1. The fraction of sp³-hybridized carbons (Fsp3) is 0.269. The van der Waals surface area contributed by atoms with Crippen LogP contribution in [0.15, 0.2) is 60.8 Å². The van der Waals surface area contributed by atoms with Gasteiger partial charge in [-0.05, 0) is 41.5 Å². The second kappa shape index (κ2) is 10.5. The summed E-state index contributed by atoms with van der Waals surface area (Å²) in [7, 11) is -2.85. The average Bonchev–Trinajstić information content (AvgIpc) is 2.89. The highest BCUT2D eigenvalue weighted by molar-refractivity contribution is 5.94. The normalized spacial score (nSPS) is 14.3. The molecule has 0 amide bonds. The lowest BCUT2D eigenvalue weighted by molar-refractivity contribution is -2.00. The molecule has 1 aromatic carbocycles. The quantitative estimate of drug-likeness (QED) is 0.536. The van der Waals surface area contributed by atoms with E-state index in [1.807, 2.05) is 0 Å². The molecular formula is C26H29ClN2O4. The number of halogens is 1.